The fourth-order valence-electron chi connectivity index (χ4n) is 4.30. The predicted octanol–water partition coefficient (Wildman–Crippen LogP) is 3.89. The number of pyridine rings is 2. The number of benzene rings is 1. The summed E-state index contributed by atoms with van der Waals surface area (Å²) in [6, 6.07) is 11.9. The molecule has 1 aromatic carbocycles. The standard InChI is InChI=1S/C25H23F3N4O3/c1-15(34)32-13-19-11-20(24(35)30-14-25(26,27)28)31-23(22(19)21(32)7-9-33)17-5-2-4-16(10-17)18-6-3-8-29-12-18/h2-6,8,10-12,21,33H,7,9,13-14H2,1H3,(H,30,35)/t21-/m1/s1. The van der Waals surface area contributed by atoms with E-state index < -0.39 is 24.7 Å². The lowest BCUT2D eigenvalue weighted by Crippen LogP contribution is -2.34. The van der Waals surface area contributed by atoms with E-state index in [9.17, 15) is 27.9 Å². The number of aliphatic hydroxyl groups is 1. The highest BCUT2D eigenvalue weighted by molar-refractivity contribution is 5.94. The summed E-state index contributed by atoms with van der Waals surface area (Å²) in [4.78, 5) is 35.1. The molecule has 0 radical (unpaired) electrons. The van der Waals surface area contributed by atoms with E-state index >= 15 is 0 Å². The molecule has 1 aliphatic rings. The Labute approximate surface area is 199 Å². The number of halogens is 3. The second-order valence-electron chi connectivity index (χ2n) is 8.22. The normalized spacial score (nSPS) is 15.1. The summed E-state index contributed by atoms with van der Waals surface area (Å²) in [6.07, 6.45) is -0.960. The van der Waals surface area contributed by atoms with Crippen LogP contribution in [0.3, 0.4) is 0 Å². The SMILES string of the molecule is CC(=O)N1Cc2cc(C(=O)NCC(F)(F)F)nc(-c3cccc(-c4cccnc4)c3)c2[C@H]1CCO. The van der Waals surface area contributed by atoms with Gasteiger partial charge in [-0.15, -0.1) is 0 Å². The second-order valence-corrected chi connectivity index (χ2v) is 8.22. The average Bonchev–Trinajstić information content (AvgIpc) is 3.21. The lowest BCUT2D eigenvalue weighted by Gasteiger charge is -2.24. The third-order valence-corrected chi connectivity index (χ3v) is 5.81. The Morgan fingerprint density at radius 3 is 2.54 bits per heavy atom. The van der Waals surface area contributed by atoms with Crippen molar-refractivity contribution < 1.29 is 27.9 Å². The molecule has 0 spiro atoms. The molecule has 0 saturated heterocycles. The molecule has 0 unspecified atom stereocenters. The average molecular weight is 484 g/mol. The number of fused-ring (bicyclic) bond motifs is 1. The molecule has 2 amide bonds. The summed E-state index contributed by atoms with van der Waals surface area (Å²) >= 11 is 0. The van der Waals surface area contributed by atoms with Crippen LogP contribution in [-0.4, -0.2) is 51.1 Å². The van der Waals surface area contributed by atoms with Crippen molar-refractivity contribution in [3.63, 3.8) is 0 Å². The van der Waals surface area contributed by atoms with Crippen LogP contribution < -0.4 is 5.32 Å². The highest BCUT2D eigenvalue weighted by Crippen LogP contribution is 2.42. The molecule has 0 bridgehead atoms. The van der Waals surface area contributed by atoms with Gasteiger partial charge < -0.3 is 15.3 Å². The van der Waals surface area contributed by atoms with Gasteiger partial charge in [0.05, 0.1) is 11.7 Å². The van der Waals surface area contributed by atoms with Gasteiger partial charge in [0.2, 0.25) is 5.91 Å². The van der Waals surface area contributed by atoms with Crippen molar-refractivity contribution in [2.75, 3.05) is 13.2 Å². The summed E-state index contributed by atoms with van der Waals surface area (Å²) in [5.74, 6) is -1.19. The number of aromatic nitrogens is 2. The highest BCUT2D eigenvalue weighted by atomic mass is 19.4. The summed E-state index contributed by atoms with van der Waals surface area (Å²) in [7, 11) is 0. The van der Waals surface area contributed by atoms with Gasteiger partial charge in [-0.05, 0) is 35.7 Å². The minimum atomic E-state index is -4.56. The Hall–Kier alpha value is -3.79. The van der Waals surface area contributed by atoms with Crippen LogP contribution in [0.5, 0.6) is 0 Å². The maximum atomic E-state index is 12.7. The summed E-state index contributed by atoms with van der Waals surface area (Å²) < 4.78 is 38.0. The van der Waals surface area contributed by atoms with E-state index in [4.69, 9.17) is 0 Å². The van der Waals surface area contributed by atoms with Crippen molar-refractivity contribution >= 4 is 11.8 Å². The molecule has 0 fully saturated rings. The van der Waals surface area contributed by atoms with Crippen LogP contribution in [0.1, 0.15) is 41.0 Å². The molecule has 7 nitrogen and oxygen atoms in total. The molecule has 4 rings (SSSR count). The van der Waals surface area contributed by atoms with Crippen molar-refractivity contribution in [2.45, 2.75) is 32.1 Å². The Morgan fingerprint density at radius 1 is 1.14 bits per heavy atom. The van der Waals surface area contributed by atoms with E-state index in [1.807, 2.05) is 23.5 Å². The second kappa shape index (κ2) is 9.83. The van der Waals surface area contributed by atoms with Gasteiger partial charge in [-0.1, -0.05) is 24.3 Å². The topological polar surface area (TPSA) is 95.4 Å². The first kappa shape index (κ1) is 24.3. The van der Waals surface area contributed by atoms with Crippen LogP contribution >= 0.6 is 0 Å². The van der Waals surface area contributed by atoms with Gasteiger partial charge in [0.1, 0.15) is 12.2 Å². The molecular formula is C25H23F3N4O3. The van der Waals surface area contributed by atoms with Crippen molar-refractivity contribution in [2.24, 2.45) is 0 Å². The van der Waals surface area contributed by atoms with E-state index in [2.05, 4.69) is 9.97 Å². The third kappa shape index (κ3) is 5.32. The number of nitrogens with zero attached hydrogens (tertiary/aromatic N) is 3. The molecule has 3 heterocycles. The van der Waals surface area contributed by atoms with E-state index in [0.29, 0.717) is 22.4 Å². The minimum Gasteiger partial charge on any atom is -0.396 e. The van der Waals surface area contributed by atoms with Crippen LogP contribution in [0.2, 0.25) is 0 Å². The quantitative estimate of drug-likeness (QED) is 0.554. The number of aliphatic hydroxyl groups excluding tert-OH is 1. The Bertz CT molecular complexity index is 1250. The fraction of sp³-hybridized carbons (Fsp3) is 0.280. The predicted molar refractivity (Wildman–Crippen MR) is 122 cm³/mol. The van der Waals surface area contributed by atoms with Gasteiger partial charge in [0.15, 0.2) is 0 Å². The lowest BCUT2D eigenvalue weighted by molar-refractivity contribution is -0.131. The van der Waals surface area contributed by atoms with Crippen LogP contribution in [-0.2, 0) is 11.3 Å². The first-order valence-corrected chi connectivity index (χ1v) is 11.0. The van der Waals surface area contributed by atoms with Crippen molar-refractivity contribution in [1.82, 2.24) is 20.2 Å². The van der Waals surface area contributed by atoms with Gasteiger partial charge >= 0.3 is 6.18 Å². The minimum absolute atomic E-state index is 0.159. The first-order valence-electron chi connectivity index (χ1n) is 11.0. The molecule has 3 aromatic rings. The molecule has 182 valence electrons. The van der Waals surface area contributed by atoms with Crippen LogP contribution in [0.15, 0.2) is 54.9 Å². The van der Waals surface area contributed by atoms with Crippen LogP contribution in [0.25, 0.3) is 22.4 Å². The van der Waals surface area contributed by atoms with Gasteiger partial charge in [-0.25, -0.2) is 4.98 Å². The molecule has 35 heavy (non-hydrogen) atoms. The van der Waals surface area contributed by atoms with Crippen LogP contribution in [0, 0.1) is 0 Å². The lowest BCUT2D eigenvalue weighted by atomic mass is 9.94. The molecular weight excluding hydrogens is 461 g/mol. The monoisotopic (exact) mass is 484 g/mol. The highest BCUT2D eigenvalue weighted by Gasteiger charge is 2.36. The summed E-state index contributed by atoms with van der Waals surface area (Å²) in [6.45, 7) is -0.101. The van der Waals surface area contributed by atoms with Gasteiger partial charge in [-0.3, -0.25) is 14.6 Å². The molecule has 10 heteroatoms. The van der Waals surface area contributed by atoms with Crippen molar-refractivity contribution in [3.8, 4) is 22.4 Å². The van der Waals surface area contributed by atoms with Crippen molar-refractivity contribution in [1.29, 1.82) is 0 Å². The molecule has 1 atom stereocenters. The molecule has 2 N–H and O–H groups in total. The molecule has 0 aliphatic carbocycles. The van der Waals surface area contributed by atoms with E-state index in [-0.39, 0.29) is 31.2 Å². The number of amides is 2. The molecule has 2 aromatic heterocycles. The Morgan fingerprint density at radius 2 is 1.89 bits per heavy atom. The number of nitrogens with one attached hydrogen (secondary N) is 1. The number of alkyl halides is 3. The number of rotatable bonds is 6. The number of carbonyl (C=O) groups excluding carboxylic acids is 2. The summed E-state index contributed by atoms with van der Waals surface area (Å²) in [5.41, 5.74) is 3.79. The maximum Gasteiger partial charge on any atom is 0.405 e. The third-order valence-electron chi connectivity index (χ3n) is 5.81. The molecule has 1 aliphatic heterocycles. The van der Waals surface area contributed by atoms with E-state index in [0.717, 1.165) is 11.1 Å². The van der Waals surface area contributed by atoms with Gasteiger partial charge in [0, 0.05) is 49.2 Å². The zero-order chi connectivity index (χ0) is 25.2. The van der Waals surface area contributed by atoms with E-state index in [1.54, 1.807) is 35.5 Å². The number of carbonyl (C=O) groups is 2. The van der Waals surface area contributed by atoms with Crippen molar-refractivity contribution in [3.05, 3.63) is 71.7 Å². The zero-order valence-electron chi connectivity index (χ0n) is 18.8. The Balaban J connectivity index is 1.85. The fourth-order valence-corrected chi connectivity index (χ4v) is 4.30. The van der Waals surface area contributed by atoms with Gasteiger partial charge in [-0.2, -0.15) is 13.2 Å². The summed E-state index contributed by atoms with van der Waals surface area (Å²) in [5, 5.41) is 11.5. The van der Waals surface area contributed by atoms with E-state index in [1.165, 1.54) is 13.0 Å². The molecule has 0 saturated carbocycles. The number of hydrogen-bond donors (Lipinski definition) is 2. The maximum absolute atomic E-state index is 12.7. The van der Waals surface area contributed by atoms with Crippen LogP contribution in [0.4, 0.5) is 13.2 Å². The largest absolute Gasteiger partial charge is 0.405 e. The number of hydrogen-bond acceptors (Lipinski definition) is 5. The van der Waals surface area contributed by atoms with Gasteiger partial charge in [0.25, 0.3) is 5.91 Å². The Kier molecular flexibility index (Phi) is 6.83. The smallest absolute Gasteiger partial charge is 0.396 e. The first-order chi connectivity index (χ1) is 16.7. The zero-order valence-corrected chi connectivity index (χ0v) is 18.8.